The molecule has 3 rings (SSSR count). The Balaban J connectivity index is 2.09. The molecule has 0 aliphatic carbocycles. The zero-order chi connectivity index (χ0) is 20.3. The molecule has 1 amide bonds. The molecule has 28 heavy (non-hydrogen) atoms. The third-order valence-electron chi connectivity index (χ3n) is 4.39. The monoisotopic (exact) mass is 384 g/mol. The molecule has 2 aromatic heterocycles. The number of nitrogens with one attached hydrogen (secondary N) is 1. The lowest BCUT2D eigenvalue weighted by atomic mass is 9.93. The standard InChI is InChI=1S/C21H25FN4O2/c1-21(2,3)18-13-19-24-16(20(27)23-10-7-11-28-4)12-17(26(19)25-18)14-8-5-6-9-15(14)22/h5-6,8-9,12-13H,7,10-11H2,1-4H3,(H,23,27). The Labute approximate surface area is 163 Å². The summed E-state index contributed by atoms with van der Waals surface area (Å²) in [6, 6.07) is 9.86. The predicted molar refractivity (Wildman–Crippen MR) is 106 cm³/mol. The van der Waals surface area contributed by atoms with Crippen LogP contribution >= 0.6 is 0 Å². The minimum Gasteiger partial charge on any atom is -0.385 e. The summed E-state index contributed by atoms with van der Waals surface area (Å²) in [6.07, 6.45) is 0.700. The van der Waals surface area contributed by atoms with E-state index in [2.05, 4.69) is 15.4 Å². The molecule has 0 saturated carbocycles. The van der Waals surface area contributed by atoms with E-state index in [0.29, 0.717) is 36.5 Å². The summed E-state index contributed by atoms with van der Waals surface area (Å²) in [5.74, 6) is -0.691. The Kier molecular flexibility index (Phi) is 5.74. The second-order valence-corrected chi connectivity index (χ2v) is 7.66. The molecular formula is C21H25FN4O2. The van der Waals surface area contributed by atoms with E-state index in [1.54, 1.807) is 35.9 Å². The highest BCUT2D eigenvalue weighted by Crippen LogP contribution is 2.27. The fourth-order valence-electron chi connectivity index (χ4n) is 2.83. The van der Waals surface area contributed by atoms with Crippen LogP contribution in [-0.4, -0.2) is 40.8 Å². The van der Waals surface area contributed by atoms with Gasteiger partial charge in [0.05, 0.1) is 11.4 Å². The van der Waals surface area contributed by atoms with Crippen LogP contribution in [0.25, 0.3) is 16.9 Å². The number of hydrogen-bond acceptors (Lipinski definition) is 4. The fourth-order valence-corrected chi connectivity index (χ4v) is 2.83. The van der Waals surface area contributed by atoms with Gasteiger partial charge in [0.2, 0.25) is 0 Å². The summed E-state index contributed by atoms with van der Waals surface area (Å²) in [5, 5.41) is 7.45. The second kappa shape index (κ2) is 8.06. The molecule has 0 atom stereocenters. The number of fused-ring (bicyclic) bond motifs is 1. The van der Waals surface area contributed by atoms with E-state index in [4.69, 9.17) is 4.74 Å². The molecule has 6 nitrogen and oxygen atoms in total. The number of carbonyl (C=O) groups excluding carboxylic acids is 1. The molecule has 0 fully saturated rings. The number of carbonyl (C=O) groups is 1. The highest BCUT2D eigenvalue weighted by molar-refractivity contribution is 5.94. The quantitative estimate of drug-likeness (QED) is 0.660. The van der Waals surface area contributed by atoms with E-state index < -0.39 is 0 Å². The fraction of sp³-hybridized carbons (Fsp3) is 0.381. The van der Waals surface area contributed by atoms with Crippen molar-refractivity contribution in [2.75, 3.05) is 20.3 Å². The van der Waals surface area contributed by atoms with Gasteiger partial charge in [0, 0.05) is 37.3 Å². The SMILES string of the molecule is COCCCNC(=O)c1cc(-c2ccccc2F)n2nc(C(C)(C)C)cc2n1. The third-order valence-corrected chi connectivity index (χ3v) is 4.39. The molecule has 7 heteroatoms. The zero-order valence-electron chi connectivity index (χ0n) is 16.6. The maximum Gasteiger partial charge on any atom is 0.270 e. The molecular weight excluding hydrogens is 359 g/mol. The van der Waals surface area contributed by atoms with Crippen molar-refractivity contribution >= 4 is 11.6 Å². The second-order valence-electron chi connectivity index (χ2n) is 7.66. The van der Waals surface area contributed by atoms with Crippen LogP contribution in [0.3, 0.4) is 0 Å². The van der Waals surface area contributed by atoms with Gasteiger partial charge in [0.1, 0.15) is 11.5 Å². The number of halogens is 1. The molecule has 3 aromatic rings. The lowest BCUT2D eigenvalue weighted by Gasteiger charge is -2.13. The van der Waals surface area contributed by atoms with E-state index >= 15 is 0 Å². The molecule has 0 aliphatic rings. The molecule has 0 spiro atoms. The van der Waals surface area contributed by atoms with E-state index in [0.717, 1.165) is 5.69 Å². The first kappa shape index (κ1) is 19.9. The predicted octanol–water partition coefficient (Wildman–Crippen LogP) is 3.60. The first-order valence-corrected chi connectivity index (χ1v) is 9.24. The van der Waals surface area contributed by atoms with Gasteiger partial charge in [-0.3, -0.25) is 4.79 Å². The Morgan fingerprint density at radius 2 is 2.00 bits per heavy atom. The first-order chi connectivity index (χ1) is 13.3. The van der Waals surface area contributed by atoms with Crippen molar-refractivity contribution in [2.24, 2.45) is 0 Å². The lowest BCUT2D eigenvalue weighted by Crippen LogP contribution is -2.26. The van der Waals surface area contributed by atoms with Crippen LogP contribution in [0.2, 0.25) is 0 Å². The number of aromatic nitrogens is 3. The van der Waals surface area contributed by atoms with Crippen molar-refractivity contribution in [3.05, 3.63) is 53.6 Å². The van der Waals surface area contributed by atoms with E-state index in [9.17, 15) is 9.18 Å². The highest BCUT2D eigenvalue weighted by Gasteiger charge is 2.22. The van der Waals surface area contributed by atoms with Gasteiger partial charge in [-0.15, -0.1) is 0 Å². The number of amides is 1. The van der Waals surface area contributed by atoms with E-state index in [1.807, 2.05) is 26.8 Å². The maximum absolute atomic E-state index is 14.5. The Hall–Kier alpha value is -2.80. The van der Waals surface area contributed by atoms with E-state index in [-0.39, 0.29) is 22.8 Å². The third kappa shape index (κ3) is 4.20. The molecule has 1 N–H and O–H groups in total. The van der Waals surface area contributed by atoms with Crippen molar-refractivity contribution < 1.29 is 13.9 Å². The summed E-state index contributed by atoms with van der Waals surface area (Å²) in [4.78, 5) is 17.0. The number of ether oxygens (including phenoxy) is 1. The van der Waals surface area contributed by atoms with Gasteiger partial charge in [0.15, 0.2) is 5.65 Å². The van der Waals surface area contributed by atoms with Gasteiger partial charge >= 0.3 is 0 Å². The Morgan fingerprint density at radius 1 is 1.25 bits per heavy atom. The topological polar surface area (TPSA) is 68.5 Å². The smallest absolute Gasteiger partial charge is 0.270 e. The van der Waals surface area contributed by atoms with Gasteiger partial charge in [-0.1, -0.05) is 32.9 Å². The van der Waals surface area contributed by atoms with Crippen LogP contribution in [0.4, 0.5) is 4.39 Å². The van der Waals surface area contributed by atoms with Crippen LogP contribution in [0.15, 0.2) is 36.4 Å². The van der Waals surface area contributed by atoms with Crippen LogP contribution in [0.1, 0.15) is 43.4 Å². The molecule has 1 aromatic carbocycles. The summed E-state index contributed by atoms with van der Waals surface area (Å²) in [6.45, 7) is 7.16. The summed E-state index contributed by atoms with van der Waals surface area (Å²) in [7, 11) is 1.62. The van der Waals surface area contributed by atoms with Crippen LogP contribution in [-0.2, 0) is 10.2 Å². The molecule has 2 heterocycles. The minimum atomic E-state index is -0.380. The van der Waals surface area contributed by atoms with Gasteiger partial charge in [-0.05, 0) is 24.6 Å². The summed E-state index contributed by atoms with van der Waals surface area (Å²) >= 11 is 0. The molecule has 148 valence electrons. The van der Waals surface area contributed by atoms with Gasteiger partial charge in [-0.25, -0.2) is 13.9 Å². The van der Waals surface area contributed by atoms with Gasteiger partial charge < -0.3 is 10.1 Å². The minimum absolute atomic E-state index is 0.206. The van der Waals surface area contributed by atoms with Crippen molar-refractivity contribution in [3.8, 4) is 11.3 Å². The average molecular weight is 384 g/mol. The lowest BCUT2D eigenvalue weighted by molar-refractivity contribution is 0.0944. The van der Waals surface area contributed by atoms with E-state index in [1.165, 1.54) is 6.07 Å². The first-order valence-electron chi connectivity index (χ1n) is 9.24. The Morgan fingerprint density at radius 3 is 2.68 bits per heavy atom. The van der Waals surface area contributed by atoms with Crippen molar-refractivity contribution in [2.45, 2.75) is 32.6 Å². The number of benzene rings is 1. The van der Waals surface area contributed by atoms with Gasteiger partial charge in [-0.2, -0.15) is 5.10 Å². The maximum atomic E-state index is 14.5. The van der Waals surface area contributed by atoms with Crippen LogP contribution in [0, 0.1) is 5.82 Å². The van der Waals surface area contributed by atoms with Crippen molar-refractivity contribution in [1.29, 1.82) is 0 Å². The van der Waals surface area contributed by atoms with Crippen molar-refractivity contribution in [1.82, 2.24) is 19.9 Å². The summed E-state index contributed by atoms with van der Waals surface area (Å²) < 4.78 is 21.1. The largest absolute Gasteiger partial charge is 0.385 e. The molecule has 0 saturated heterocycles. The number of rotatable bonds is 6. The average Bonchev–Trinajstić information content (AvgIpc) is 3.09. The summed E-state index contributed by atoms with van der Waals surface area (Å²) in [5.41, 5.74) is 2.20. The highest BCUT2D eigenvalue weighted by atomic mass is 19.1. The van der Waals surface area contributed by atoms with Crippen LogP contribution in [0.5, 0.6) is 0 Å². The van der Waals surface area contributed by atoms with Crippen molar-refractivity contribution in [3.63, 3.8) is 0 Å². The molecule has 0 aliphatic heterocycles. The molecule has 0 unspecified atom stereocenters. The normalized spacial score (nSPS) is 11.8. The number of nitrogens with zero attached hydrogens (tertiary/aromatic N) is 3. The van der Waals surface area contributed by atoms with Gasteiger partial charge in [0.25, 0.3) is 5.91 Å². The number of hydrogen-bond donors (Lipinski definition) is 1. The van der Waals surface area contributed by atoms with Crippen LogP contribution < -0.4 is 5.32 Å². The Bertz CT molecular complexity index is 992. The zero-order valence-corrected chi connectivity index (χ0v) is 16.6. The molecule has 0 radical (unpaired) electrons. The molecule has 0 bridgehead atoms. The number of methoxy groups -OCH3 is 1.